The maximum absolute atomic E-state index is 6.14. The molecule has 0 aliphatic carbocycles. The second kappa shape index (κ2) is 6.57. The van der Waals surface area contributed by atoms with Gasteiger partial charge in [-0.1, -0.05) is 17.7 Å². The van der Waals surface area contributed by atoms with Gasteiger partial charge in [0.05, 0.1) is 17.8 Å². The van der Waals surface area contributed by atoms with Gasteiger partial charge in [-0.2, -0.15) is 0 Å². The van der Waals surface area contributed by atoms with Crippen molar-refractivity contribution in [1.29, 1.82) is 0 Å². The van der Waals surface area contributed by atoms with E-state index in [1.165, 1.54) is 0 Å². The van der Waals surface area contributed by atoms with Crippen LogP contribution in [0.15, 0.2) is 45.5 Å². The Morgan fingerprint density at radius 2 is 2.21 bits per heavy atom. The van der Waals surface area contributed by atoms with Crippen molar-refractivity contribution in [3.8, 4) is 0 Å². The minimum absolute atomic E-state index is 0.107. The standard InChI is InChI=1S/C14H16BrClN2O/c1-18(9-11-3-2-6-19-11)14(8-17)10-4-5-12(15)13(16)7-10/h2-7,14H,8-9,17H2,1H3. The third-order valence-electron chi connectivity index (χ3n) is 3.07. The molecule has 0 bridgehead atoms. The van der Waals surface area contributed by atoms with E-state index < -0.39 is 0 Å². The summed E-state index contributed by atoms with van der Waals surface area (Å²) in [6.07, 6.45) is 1.68. The molecular weight excluding hydrogens is 328 g/mol. The Bertz CT molecular complexity index is 530. The molecule has 1 unspecified atom stereocenters. The van der Waals surface area contributed by atoms with Crippen molar-refractivity contribution in [2.24, 2.45) is 5.73 Å². The van der Waals surface area contributed by atoms with E-state index >= 15 is 0 Å². The molecule has 1 aromatic heterocycles. The fraction of sp³-hybridized carbons (Fsp3) is 0.286. The van der Waals surface area contributed by atoms with E-state index in [-0.39, 0.29) is 6.04 Å². The molecule has 0 aliphatic heterocycles. The van der Waals surface area contributed by atoms with Crippen LogP contribution in [-0.2, 0) is 6.54 Å². The van der Waals surface area contributed by atoms with E-state index in [9.17, 15) is 0 Å². The van der Waals surface area contributed by atoms with E-state index in [2.05, 4.69) is 20.8 Å². The Balaban J connectivity index is 2.16. The van der Waals surface area contributed by atoms with Gasteiger partial charge in [-0.25, -0.2) is 0 Å². The Morgan fingerprint density at radius 3 is 2.79 bits per heavy atom. The highest BCUT2D eigenvalue weighted by Crippen LogP contribution is 2.28. The summed E-state index contributed by atoms with van der Waals surface area (Å²) in [4.78, 5) is 2.15. The van der Waals surface area contributed by atoms with Crippen LogP contribution in [0.1, 0.15) is 17.4 Å². The molecule has 1 heterocycles. The molecule has 1 aromatic carbocycles. The zero-order chi connectivity index (χ0) is 13.8. The lowest BCUT2D eigenvalue weighted by Gasteiger charge is -2.26. The summed E-state index contributed by atoms with van der Waals surface area (Å²) in [6, 6.07) is 9.88. The Morgan fingerprint density at radius 1 is 1.42 bits per heavy atom. The van der Waals surface area contributed by atoms with Crippen LogP contribution in [0.25, 0.3) is 0 Å². The van der Waals surface area contributed by atoms with Crippen LogP contribution in [0.5, 0.6) is 0 Å². The summed E-state index contributed by atoms with van der Waals surface area (Å²) in [5.41, 5.74) is 7.00. The maximum atomic E-state index is 6.14. The molecule has 0 saturated carbocycles. The fourth-order valence-corrected chi connectivity index (χ4v) is 2.48. The Labute approximate surface area is 126 Å². The van der Waals surface area contributed by atoms with Gasteiger partial charge < -0.3 is 10.2 Å². The fourth-order valence-electron chi connectivity index (χ4n) is 2.05. The number of halogens is 2. The summed E-state index contributed by atoms with van der Waals surface area (Å²) >= 11 is 9.53. The molecule has 0 spiro atoms. The van der Waals surface area contributed by atoms with E-state index in [4.69, 9.17) is 21.8 Å². The highest BCUT2D eigenvalue weighted by Gasteiger charge is 2.17. The first-order valence-electron chi connectivity index (χ1n) is 5.99. The molecule has 2 rings (SSSR count). The first-order chi connectivity index (χ1) is 9.11. The van der Waals surface area contributed by atoms with Gasteiger partial charge in [-0.05, 0) is 52.8 Å². The van der Waals surface area contributed by atoms with Gasteiger partial charge in [0, 0.05) is 17.1 Å². The van der Waals surface area contributed by atoms with Crippen LogP contribution >= 0.6 is 27.5 Å². The molecule has 0 saturated heterocycles. The summed E-state index contributed by atoms with van der Waals surface area (Å²) < 4.78 is 6.25. The van der Waals surface area contributed by atoms with Crippen molar-refractivity contribution in [2.45, 2.75) is 12.6 Å². The summed E-state index contributed by atoms with van der Waals surface area (Å²) in [5, 5.41) is 0.697. The number of nitrogens with two attached hydrogens (primary N) is 1. The second-order valence-corrected chi connectivity index (χ2v) is 5.68. The van der Waals surface area contributed by atoms with E-state index in [0.29, 0.717) is 18.1 Å². The van der Waals surface area contributed by atoms with Crippen LogP contribution < -0.4 is 5.73 Å². The van der Waals surface area contributed by atoms with Crippen LogP contribution in [-0.4, -0.2) is 18.5 Å². The number of hydrogen-bond acceptors (Lipinski definition) is 3. The average Bonchev–Trinajstić information content (AvgIpc) is 2.87. The van der Waals surface area contributed by atoms with Crippen molar-refractivity contribution < 1.29 is 4.42 Å². The molecular formula is C14H16BrClN2O. The zero-order valence-electron chi connectivity index (χ0n) is 10.6. The minimum Gasteiger partial charge on any atom is -0.468 e. The van der Waals surface area contributed by atoms with Crippen molar-refractivity contribution in [1.82, 2.24) is 4.90 Å². The van der Waals surface area contributed by atoms with E-state index in [1.54, 1.807) is 6.26 Å². The Kier molecular flexibility index (Phi) is 5.05. The molecule has 0 fully saturated rings. The first kappa shape index (κ1) is 14.6. The average molecular weight is 344 g/mol. The summed E-state index contributed by atoms with van der Waals surface area (Å²) in [5.74, 6) is 0.921. The number of rotatable bonds is 5. The van der Waals surface area contributed by atoms with E-state index in [1.807, 2.05) is 37.4 Å². The van der Waals surface area contributed by atoms with E-state index in [0.717, 1.165) is 15.8 Å². The SMILES string of the molecule is CN(Cc1ccco1)C(CN)c1ccc(Br)c(Cl)c1. The first-order valence-corrected chi connectivity index (χ1v) is 7.16. The van der Waals surface area contributed by atoms with Gasteiger partial charge in [0.25, 0.3) is 0 Å². The molecule has 2 aromatic rings. The van der Waals surface area contributed by atoms with Crippen LogP contribution in [0.4, 0.5) is 0 Å². The summed E-state index contributed by atoms with van der Waals surface area (Å²) in [6.45, 7) is 1.23. The predicted molar refractivity (Wildman–Crippen MR) is 81.1 cm³/mol. The lowest BCUT2D eigenvalue weighted by molar-refractivity contribution is 0.223. The topological polar surface area (TPSA) is 42.4 Å². The van der Waals surface area contributed by atoms with Gasteiger partial charge in [-0.3, -0.25) is 4.90 Å². The van der Waals surface area contributed by atoms with Gasteiger partial charge in [0.15, 0.2) is 0 Å². The summed E-state index contributed by atoms with van der Waals surface area (Å²) in [7, 11) is 2.02. The van der Waals surface area contributed by atoms with Crippen molar-refractivity contribution in [2.75, 3.05) is 13.6 Å². The molecule has 2 N–H and O–H groups in total. The van der Waals surface area contributed by atoms with Crippen molar-refractivity contribution >= 4 is 27.5 Å². The molecule has 0 aliphatic rings. The number of nitrogens with zero attached hydrogens (tertiary/aromatic N) is 1. The maximum Gasteiger partial charge on any atom is 0.117 e. The number of hydrogen-bond donors (Lipinski definition) is 1. The van der Waals surface area contributed by atoms with Gasteiger partial charge in [0.1, 0.15) is 5.76 Å². The predicted octanol–water partition coefficient (Wildman–Crippen LogP) is 3.83. The van der Waals surface area contributed by atoms with Crippen LogP contribution in [0.3, 0.4) is 0 Å². The zero-order valence-corrected chi connectivity index (χ0v) is 13.0. The van der Waals surface area contributed by atoms with Gasteiger partial charge in [-0.15, -0.1) is 0 Å². The van der Waals surface area contributed by atoms with Crippen molar-refractivity contribution in [3.05, 3.63) is 57.4 Å². The Hall–Kier alpha value is -0.810. The quantitative estimate of drug-likeness (QED) is 0.897. The molecule has 0 amide bonds. The lowest BCUT2D eigenvalue weighted by Crippen LogP contribution is -2.30. The minimum atomic E-state index is 0.107. The van der Waals surface area contributed by atoms with Gasteiger partial charge in [0.2, 0.25) is 0 Å². The molecule has 3 nitrogen and oxygen atoms in total. The number of benzene rings is 1. The number of furan rings is 1. The third-order valence-corrected chi connectivity index (χ3v) is 4.30. The second-order valence-electron chi connectivity index (χ2n) is 4.42. The molecule has 5 heteroatoms. The molecule has 0 radical (unpaired) electrons. The van der Waals surface area contributed by atoms with Crippen molar-refractivity contribution in [3.63, 3.8) is 0 Å². The van der Waals surface area contributed by atoms with Crippen LogP contribution in [0.2, 0.25) is 5.02 Å². The molecule has 102 valence electrons. The number of likely N-dealkylation sites (N-methyl/N-ethyl adjacent to an activating group) is 1. The van der Waals surface area contributed by atoms with Gasteiger partial charge >= 0.3 is 0 Å². The highest BCUT2D eigenvalue weighted by atomic mass is 79.9. The monoisotopic (exact) mass is 342 g/mol. The molecule has 1 atom stereocenters. The molecule has 19 heavy (non-hydrogen) atoms. The smallest absolute Gasteiger partial charge is 0.117 e. The normalized spacial score (nSPS) is 12.9. The third kappa shape index (κ3) is 3.60. The lowest BCUT2D eigenvalue weighted by atomic mass is 10.1. The highest BCUT2D eigenvalue weighted by molar-refractivity contribution is 9.10. The largest absolute Gasteiger partial charge is 0.468 e. The van der Waals surface area contributed by atoms with Crippen LogP contribution in [0, 0.1) is 0 Å².